The van der Waals surface area contributed by atoms with Gasteiger partial charge in [0.15, 0.2) is 0 Å². The molecule has 2 aliphatic rings. The molecule has 0 spiro atoms. The molecule has 0 aliphatic heterocycles. The summed E-state index contributed by atoms with van der Waals surface area (Å²) >= 11 is 0. The first-order chi connectivity index (χ1) is 13.1. The Balaban J connectivity index is 1.52. The fourth-order valence-corrected chi connectivity index (χ4v) is 3.83. The van der Waals surface area contributed by atoms with Crippen molar-refractivity contribution in [3.63, 3.8) is 0 Å². The van der Waals surface area contributed by atoms with Gasteiger partial charge in [0.2, 0.25) is 23.5 Å². The van der Waals surface area contributed by atoms with Gasteiger partial charge in [-0.2, -0.15) is 4.98 Å². The van der Waals surface area contributed by atoms with Crippen LogP contribution in [0, 0.1) is 11.8 Å². The van der Waals surface area contributed by atoms with Crippen LogP contribution in [0.15, 0.2) is 34.9 Å². The lowest BCUT2D eigenvalue weighted by Gasteiger charge is -2.17. The second-order valence-corrected chi connectivity index (χ2v) is 7.53. The summed E-state index contributed by atoms with van der Waals surface area (Å²) in [5, 5.41) is 9.91. The summed E-state index contributed by atoms with van der Waals surface area (Å²) in [5.41, 5.74) is 0.877. The van der Waals surface area contributed by atoms with E-state index in [0.29, 0.717) is 36.9 Å². The van der Waals surface area contributed by atoms with Crippen LogP contribution in [0.25, 0.3) is 11.4 Å². The average Bonchev–Trinajstić information content (AvgIpc) is 3.20. The third-order valence-corrected chi connectivity index (χ3v) is 5.49. The molecule has 1 aromatic heterocycles. The zero-order valence-electron chi connectivity index (χ0n) is 15.4. The summed E-state index contributed by atoms with van der Waals surface area (Å²) in [4.78, 5) is 29.0. The van der Waals surface area contributed by atoms with Gasteiger partial charge in [0.05, 0.1) is 5.92 Å². The second-order valence-electron chi connectivity index (χ2n) is 7.53. The van der Waals surface area contributed by atoms with E-state index in [1.807, 2.05) is 30.3 Å². The van der Waals surface area contributed by atoms with Crippen LogP contribution in [-0.2, 0) is 9.59 Å². The van der Waals surface area contributed by atoms with E-state index in [2.05, 4.69) is 20.8 Å². The smallest absolute Gasteiger partial charge is 0.232 e. The van der Waals surface area contributed by atoms with Crippen molar-refractivity contribution in [2.24, 2.45) is 11.8 Å². The van der Waals surface area contributed by atoms with Crippen LogP contribution >= 0.6 is 0 Å². The number of benzene rings is 1. The molecule has 7 heteroatoms. The maximum atomic E-state index is 12.3. The molecule has 2 saturated carbocycles. The van der Waals surface area contributed by atoms with Gasteiger partial charge in [-0.15, -0.1) is 0 Å². The Hall–Kier alpha value is -2.70. The summed E-state index contributed by atoms with van der Waals surface area (Å²) in [7, 11) is 1.64. The first kappa shape index (κ1) is 17.7. The molecule has 3 unspecified atom stereocenters. The molecule has 0 bridgehead atoms. The monoisotopic (exact) mass is 368 g/mol. The zero-order chi connectivity index (χ0) is 18.8. The molecule has 0 radical (unpaired) electrons. The number of hydrogen-bond acceptors (Lipinski definition) is 5. The van der Waals surface area contributed by atoms with Gasteiger partial charge in [-0.3, -0.25) is 9.59 Å². The summed E-state index contributed by atoms with van der Waals surface area (Å²) in [6, 6.07) is 9.45. The second kappa shape index (κ2) is 7.50. The molecule has 1 aromatic carbocycles. The Morgan fingerprint density at radius 3 is 2.67 bits per heavy atom. The number of rotatable bonds is 6. The van der Waals surface area contributed by atoms with Crippen molar-refractivity contribution in [2.75, 3.05) is 7.05 Å². The minimum Gasteiger partial charge on any atom is -0.359 e. The quantitative estimate of drug-likeness (QED) is 0.815. The Morgan fingerprint density at radius 1 is 1.19 bits per heavy atom. The van der Waals surface area contributed by atoms with Crippen molar-refractivity contribution in [2.45, 2.75) is 44.1 Å². The Labute approximate surface area is 157 Å². The van der Waals surface area contributed by atoms with Crippen molar-refractivity contribution in [1.29, 1.82) is 0 Å². The van der Waals surface area contributed by atoms with Gasteiger partial charge < -0.3 is 15.2 Å². The van der Waals surface area contributed by atoms with Crippen LogP contribution in [0.4, 0.5) is 0 Å². The highest BCUT2D eigenvalue weighted by Gasteiger charge is 2.42. The number of hydrogen-bond donors (Lipinski definition) is 2. The molecular formula is C20H24N4O3. The van der Waals surface area contributed by atoms with E-state index in [0.717, 1.165) is 18.4 Å². The number of aromatic nitrogens is 2. The first-order valence-electron chi connectivity index (χ1n) is 9.54. The van der Waals surface area contributed by atoms with E-state index < -0.39 is 0 Å². The SMILES string of the molecule is CNC(=O)C1CC(NC(=O)CC2CC2)C(c2nc(-c3ccccc3)no2)C1. The number of nitrogens with one attached hydrogen (secondary N) is 2. The number of amides is 2. The maximum absolute atomic E-state index is 12.3. The van der Waals surface area contributed by atoms with E-state index in [1.54, 1.807) is 7.05 Å². The molecule has 2 fully saturated rings. The molecule has 142 valence electrons. The van der Waals surface area contributed by atoms with E-state index in [9.17, 15) is 9.59 Å². The standard InChI is InChI=1S/C20H24N4O3/c1-21-19(26)14-10-15(16(11-14)22-17(25)9-12-7-8-12)20-23-18(24-27-20)13-5-3-2-4-6-13/h2-6,12,14-16H,7-11H2,1H3,(H,21,26)(H,22,25). The van der Waals surface area contributed by atoms with Crippen LogP contribution in [0.2, 0.25) is 0 Å². The predicted molar refractivity (Wildman–Crippen MR) is 98.5 cm³/mol. The minimum atomic E-state index is -0.168. The van der Waals surface area contributed by atoms with Crippen molar-refractivity contribution in [3.05, 3.63) is 36.2 Å². The van der Waals surface area contributed by atoms with Crippen LogP contribution in [0.3, 0.4) is 0 Å². The molecule has 2 aliphatic carbocycles. The Morgan fingerprint density at radius 2 is 1.96 bits per heavy atom. The van der Waals surface area contributed by atoms with Gasteiger partial charge in [0.25, 0.3) is 0 Å². The van der Waals surface area contributed by atoms with Gasteiger partial charge in [-0.1, -0.05) is 35.5 Å². The summed E-state index contributed by atoms with van der Waals surface area (Å²) in [6.45, 7) is 0. The Bertz CT molecular complexity index is 816. The van der Waals surface area contributed by atoms with E-state index in [1.165, 1.54) is 0 Å². The van der Waals surface area contributed by atoms with E-state index in [4.69, 9.17) is 4.52 Å². The predicted octanol–water partition coefficient (Wildman–Crippen LogP) is 2.26. The summed E-state index contributed by atoms with van der Waals surface area (Å²) < 4.78 is 5.53. The number of carbonyl (C=O) groups excluding carboxylic acids is 2. The van der Waals surface area contributed by atoms with Crippen molar-refractivity contribution in [3.8, 4) is 11.4 Å². The van der Waals surface area contributed by atoms with Crippen LogP contribution in [0.1, 0.15) is 43.9 Å². The number of nitrogens with zero attached hydrogens (tertiary/aromatic N) is 2. The largest absolute Gasteiger partial charge is 0.359 e. The zero-order valence-corrected chi connectivity index (χ0v) is 15.4. The van der Waals surface area contributed by atoms with E-state index >= 15 is 0 Å². The topological polar surface area (TPSA) is 97.1 Å². The van der Waals surface area contributed by atoms with Gasteiger partial charge in [-0.05, 0) is 31.6 Å². The van der Waals surface area contributed by atoms with Crippen molar-refractivity contribution in [1.82, 2.24) is 20.8 Å². The van der Waals surface area contributed by atoms with Gasteiger partial charge in [0.1, 0.15) is 0 Å². The van der Waals surface area contributed by atoms with Gasteiger partial charge >= 0.3 is 0 Å². The molecule has 7 nitrogen and oxygen atoms in total. The highest BCUT2D eigenvalue weighted by atomic mass is 16.5. The van der Waals surface area contributed by atoms with Crippen molar-refractivity contribution >= 4 is 11.8 Å². The fraction of sp³-hybridized carbons (Fsp3) is 0.500. The van der Waals surface area contributed by atoms with Crippen molar-refractivity contribution < 1.29 is 14.1 Å². The average molecular weight is 368 g/mol. The van der Waals surface area contributed by atoms with Gasteiger partial charge in [0, 0.05) is 31.0 Å². The minimum absolute atomic E-state index is 0.0123. The molecule has 4 rings (SSSR count). The summed E-state index contributed by atoms with van der Waals surface area (Å²) in [6.07, 6.45) is 4.00. The van der Waals surface area contributed by atoms with Crippen LogP contribution < -0.4 is 10.6 Å². The molecule has 2 aromatic rings. The normalized spacial score (nSPS) is 24.6. The molecule has 0 saturated heterocycles. The molecule has 3 atom stereocenters. The number of carbonyl (C=O) groups is 2. The van der Waals surface area contributed by atoms with Gasteiger partial charge in [-0.25, -0.2) is 0 Å². The highest BCUT2D eigenvalue weighted by Crippen LogP contribution is 2.39. The summed E-state index contributed by atoms with van der Waals surface area (Å²) in [5.74, 6) is 1.25. The fourth-order valence-electron chi connectivity index (χ4n) is 3.83. The lowest BCUT2D eigenvalue weighted by molar-refractivity contribution is -0.125. The molecule has 27 heavy (non-hydrogen) atoms. The molecule has 2 N–H and O–H groups in total. The Kier molecular flexibility index (Phi) is 4.92. The van der Waals surface area contributed by atoms with Crippen LogP contribution in [0.5, 0.6) is 0 Å². The molecule has 2 amide bonds. The molecular weight excluding hydrogens is 344 g/mol. The lowest BCUT2D eigenvalue weighted by Crippen LogP contribution is -2.37. The third-order valence-electron chi connectivity index (χ3n) is 5.49. The third kappa shape index (κ3) is 4.02. The first-order valence-corrected chi connectivity index (χ1v) is 9.54. The van der Waals surface area contributed by atoms with Crippen LogP contribution in [-0.4, -0.2) is 35.0 Å². The maximum Gasteiger partial charge on any atom is 0.232 e. The van der Waals surface area contributed by atoms with E-state index in [-0.39, 0.29) is 29.7 Å². The highest BCUT2D eigenvalue weighted by molar-refractivity contribution is 5.80. The lowest BCUT2D eigenvalue weighted by atomic mass is 10.0. The molecule has 1 heterocycles.